The highest BCUT2D eigenvalue weighted by molar-refractivity contribution is 6.05. The van der Waals surface area contributed by atoms with E-state index in [9.17, 15) is 24.0 Å². The SMILES string of the molecule is CC(=O)N1CCn2c(C3CCOCC3)nc(-c3cccc4cc(-c5ccc(C(=O)NCCC#Cc6cccc7c6CN(C6CCC(=O)NC6=O)C7=O)nc5)ncc34)c2C1. The Morgan fingerprint density at radius 1 is 0.949 bits per heavy atom. The Hall–Kier alpha value is -6.72. The Kier molecular flexibility index (Phi) is 10.2. The van der Waals surface area contributed by atoms with Gasteiger partial charge in [-0.2, -0.15) is 0 Å². The molecule has 0 bridgehead atoms. The van der Waals surface area contributed by atoms with Gasteiger partial charge in [0.1, 0.15) is 17.6 Å². The van der Waals surface area contributed by atoms with Crippen LogP contribution in [0.2, 0.25) is 0 Å². The van der Waals surface area contributed by atoms with Crippen molar-refractivity contribution in [3.8, 4) is 34.4 Å². The number of imide groups is 1. The van der Waals surface area contributed by atoms with Gasteiger partial charge in [0.05, 0.1) is 23.6 Å². The lowest BCUT2D eigenvalue weighted by atomic mass is 9.99. The molecule has 0 saturated carbocycles. The van der Waals surface area contributed by atoms with Crippen LogP contribution in [0.1, 0.15) is 88.4 Å². The lowest BCUT2D eigenvalue weighted by Gasteiger charge is -2.30. The van der Waals surface area contributed by atoms with Crippen LogP contribution in [0.5, 0.6) is 0 Å². The maximum atomic E-state index is 13.1. The number of benzene rings is 2. The lowest BCUT2D eigenvalue weighted by Crippen LogP contribution is -2.52. The van der Waals surface area contributed by atoms with Crippen molar-refractivity contribution in [3.05, 3.63) is 101 Å². The van der Waals surface area contributed by atoms with Gasteiger partial charge >= 0.3 is 0 Å². The standard InChI is InChI=1S/C45H42N8O6/c1-27(54)51-18-19-52-39(26-51)41(50-42(52)29-15-20-59-21-16-29)32-9-5-8-30-22-37(48-24-34(30)32)31-11-12-36(47-23-31)43(56)46-17-3-2-6-28-7-4-10-33-35(28)25-53(45(33)58)38-13-14-40(55)49-44(38)57/h4-5,7-12,22-24,29,38H,3,13-21,25-26H2,1H3,(H,46,56)(H,49,55,57). The summed E-state index contributed by atoms with van der Waals surface area (Å²) >= 11 is 0. The number of aromatic nitrogens is 4. The average Bonchev–Trinajstić information content (AvgIpc) is 3.81. The molecule has 0 radical (unpaired) electrons. The number of hydrogen-bond acceptors (Lipinski definition) is 9. The number of fused-ring (bicyclic) bond motifs is 3. The minimum absolute atomic E-state index is 0.0533. The lowest BCUT2D eigenvalue weighted by molar-refractivity contribution is -0.137. The van der Waals surface area contributed by atoms with Crippen molar-refractivity contribution in [2.45, 2.75) is 70.6 Å². The summed E-state index contributed by atoms with van der Waals surface area (Å²) < 4.78 is 7.97. The number of ether oxygens (including phenoxy) is 1. The van der Waals surface area contributed by atoms with Crippen LogP contribution in [0, 0.1) is 11.8 Å². The third-order valence-corrected chi connectivity index (χ3v) is 11.7. The number of amides is 5. The van der Waals surface area contributed by atoms with Gasteiger partial charge in [-0.05, 0) is 60.5 Å². The number of carbonyl (C=O) groups excluding carboxylic acids is 5. The molecule has 2 aromatic carbocycles. The third kappa shape index (κ3) is 7.34. The topological polar surface area (TPSA) is 169 Å². The summed E-state index contributed by atoms with van der Waals surface area (Å²) in [5, 5.41) is 7.14. The molecule has 7 heterocycles. The Labute approximate surface area is 340 Å². The molecule has 1 atom stereocenters. The fourth-order valence-electron chi connectivity index (χ4n) is 8.55. The van der Waals surface area contributed by atoms with Gasteiger partial charge in [-0.1, -0.05) is 36.1 Å². The molecule has 2 fully saturated rings. The second kappa shape index (κ2) is 15.9. The van der Waals surface area contributed by atoms with E-state index in [4.69, 9.17) is 14.7 Å². The van der Waals surface area contributed by atoms with E-state index in [1.165, 1.54) is 4.90 Å². The predicted octanol–water partition coefficient (Wildman–Crippen LogP) is 4.35. The molecule has 5 amide bonds. The summed E-state index contributed by atoms with van der Waals surface area (Å²) in [4.78, 5) is 80.5. The number of hydrogen-bond donors (Lipinski definition) is 2. The van der Waals surface area contributed by atoms with Crippen LogP contribution in [0.15, 0.2) is 67.0 Å². The zero-order chi connectivity index (χ0) is 40.6. The van der Waals surface area contributed by atoms with Crippen molar-refractivity contribution in [2.24, 2.45) is 0 Å². The molecule has 2 N–H and O–H groups in total. The monoisotopic (exact) mass is 790 g/mol. The third-order valence-electron chi connectivity index (χ3n) is 11.7. The predicted molar refractivity (Wildman–Crippen MR) is 216 cm³/mol. The zero-order valence-corrected chi connectivity index (χ0v) is 32.6. The van der Waals surface area contributed by atoms with Crippen LogP contribution in [0.4, 0.5) is 0 Å². The van der Waals surface area contributed by atoms with Gasteiger partial charge in [0.25, 0.3) is 11.8 Å². The van der Waals surface area contributed by atoms with E-state index < -0.39 is 11.9 Å². The molecule has 1 unspecified atom stereocenters. The number of imidazole rings is 1. The summed E-state index contributed by atoms with van der Waals surface area (Å²) in [6, 6.07) is 16.3. The van der Waals surface area contributed by atoms with Crippen LogP contribution in [-0.2, 0) is 38.8 Å². The molecule has 3 aromatic heterocycles. The normalized spacial score (nSPS) is 17.9. The molecule has 14 nitrogen and oxygen atoms in total. The van der Waals surface area contributed by atoms with Crippen LogP contribution in [0.25, 0.3) is 33.3 Å². The number of rotatable bonds is 7. The fraction of sp³-hybridized carbons (Fsp3) is 0.333. The van der Waals surface area contributed by atoms with Gasteiger partial charge in [-0.3, -0.25) is 39.3 Å². The Balaban J connectivity index is 0.858. The van der Waals surface area contributed by atoms with Gasteiger partial charge in [0.2, 0.25) is 17.7 Å². The van der Waals surface area contributed by atoms with E-state index >= 15 is 0 Å². The molecular formula is C45H42N8O6. The highest BCUT2D eigenvalue weighted by Gasteiger charge is 2.40. The van der Waals surface area contributed by atoms with E-state index in [-0.39, 0.29) is 42.3 Å². The van der Waals surface area contributed by atoms with E-state index in [2.05, 4.69) is 38.1 Å². The van der Waals surface area contributed by atoms with Crippen LogP contribution in [-0.4, -0.2) is 91.2 Å². The largest absolute Gasteiger partial charge is 0.381 e. The number of nitrogens with zero attached hydrogens (tertiary/aromatic N) is 6. The highest BCUT2D eigenvalue weighted by Crippen LogP contribution is 2.38. The summed E-state index contributed by atoms with van der Waals surface area (Å²) in [6.07, 6.45) is 6.21. The minimum atomic E-state index is -0.693. The first-order valence-corrected chi connectivity index (χ1v) is 20.0. The summed E-state index contributed by atoms with van der Waals surface area (Å²) in [7, 11) is 0. The summed E-state index contributed by atoms with van der Waals surface area (Å²) in [5.74, 6) is 6.29. The minimum Gasteiger partial charge on any atom is -0.381 e. The first-order chi connectivity index (χ1) is 28.7. The molecular weight excluding hydrogens is 749 g/mol. The van der Waals surface area contributed by atoms with E-state index in [0.29, 0.717) is 56.1 Å². The van der Waals surface area contributed by atoms with Crippen LogP contribution < -0.4 is 10.6 Å². The molecule has 0 spiro atoms. The average molecular weight is 791 g/mol. The Morgan fingerprint density at radius 3 is 2.58 bits per heavy atom. The maximum absolute atomic E-state index is 13.1. The number of piperidine rings is 1. The molecule has 298 valence electrons. The van der Waals surface area contributed by atoms with Crippen molar-refractivity contribution in [1.29, 1.82) is 0 Å². The van der Waals surface area contributed by atoms with E-state index in [0.717, 1.165) is 76.4 Å². The molecule has 5 aromatic rings. The molecule has 2 saturated heterocycles. The first kappa shape index (κ1) is 37.8. The highest BCUT2D eigenvalue weighted by atomic mass is 16.5. The summed E-state index contributed by atoms with van der Waals surface area (Å²) in [6.45, 7) is 5.48. The first-order valence-electron chi connectivity index (χ1n) is 20.0. The van der Waals surface area contributed by atoms with Crippen molar-refractivity contribution in [3.63, 3.8) is 0 Å². The molecule has 0 aliphatic carbocycles. The smallest absolute Gasteiger partial charge is 0.269 e. The second-order valence-electron chi connectivity index (χ2n) is 15.3. The molecule has 4 aliphatic heterocycles. The zero-order valence-electron chi connectivity index (χ0n) is 32.6. The Bertz CT molecular complexity index is 2600. The quantitative estimate of drug-likeness (QED) is 0.138. The number of nitrogens with one attached hydrogen (secondary N) is 2. The van der Waals surface area contributed by atoms with E-state index in [1.807, 2.05) is 41.4 Å². The summed E-state index contributed by atoms with van der Waals surface area (Å²) in [5.41, 5.74) is 6.61. The maximum Gasteiger partial charge on any atom is 0.269 e. The second-order valence-corrected chi connectivity index (χ2v) is 15.3. The van der Waals surface area contributed by atoms with Gasteiger partial charge < -0.3 is 24.4 Å². The number of pyridine rings is 2. The van der Waals surface area contributed by atoms with Crippen molar-refractivity contribution >= 4 is 40.3 Å². The van der Waals surface area contributed by atoms with Gasteiger partial charge in [-0.15, -0.1) is 0 Å². The molecule has 9 rings (SSSR count). The van der Waals surface area contributed by atoms with Gasteiger partial charge in [0, 0.05) is 105 Å². The van der Waals surface area contributed by atoms with Crippen molar-refractivity contribution in [1.82, 2.24) is 40.0 Å². The Morgan fingerprint density at radius 2 is 1.78 bits per heavy atom. The van der Waals surface area contributed by atoms with Crippen molar-refractivity contribution in [2.75, 3.05) is 26.3 Å². The van der Waals surface area contributed by atoms with Crippen LogP contribution >= 0.6 is 0 Å². The van der Waals surface area contributed by atoms with Gasteiger partial charge in [-0.25, -0.2) is 4.98 Å². The van der Waals surface area contributed by atoms with Gasteiger partial charge in [0.15, 0.2) is 0 Å². The molecule has 59 heavy (non-hydrogen) atoms. The van der Waals surface area contributed by atoms with Crippen molar-refractivity contribution < 1.29 is 28.7 Å². The number of carbonyl (C=O) groups is 5. The fourth-order valence-corrected chi connectivity index (χ4v) is 8.55. The van der Waals surface area contributed by atoms with Crippen LogP contribution in [0.3, 0.4) is 0 Å². The molecule has 4 aliphatic rings. The van der Waals surface area contributed by atoms with E-state index in [1.54, 1.807) is 31.3 Å². The molecule has 14 heteroatoms.